The van der Waals surface area contributed by atoms with E-state index >= 15 is 0 Å². The van der Waals surface area contributed by atoms with Crippen LogP contribution < -0.4 is 5.43 Å². The Morgan fingerprint density at radius 3 is 2.87 bits per heavy atom. The average Bonchev–Trinajstić information content (AvgIpc) is 3.12. The lowest BCUT2D eigenvalue weighted by Gasteiger charge is -2.14. The van der Waals surface area contributed by atoms with Gasteiger partial charge < -0.3 is 0 Å². The van der Waals surface area contributed by atoms with Crippen LogP contribution in [0.15, 0.2) is 40.6 Å². The van der Waals surface area contributed by atoms with Crippen LogP contribution in [-0.2, 0) is 4.79 Å². The Labute approximate surface area is 146 Å². The molecule has 5 nitrogen and oxygen atoms in total. The van der Waals surface area contributed by atoms with Crippen LogP contribution in [0.2, 0.25) is 0 Å². The largest absolute Gasteiger partial charge is 0.285 e. The number of nitrogens with zero attached hydrogens (tertiary/aromatic N) is 2. The fraction of sp³-hybridized carbons (Fsp3) is 0.0667. The molecule has 0 radical (unpaired) electrons. The topological polar surface area (TPSA) is 62.3 Å². The molecule has 3 heterocycles. The second kappa shape index (κ2) is 6.61. The first-order valence-electron chi connectivity index (χ1n) is 6.61. The van der Waals surface area contributed by atoms with Crippen molar-refractivity contribution in [1.29, 1.82) is 0 Å². The third-order valence-electron chi connectivity index (χ3n) is 2.94. The number of amides is 2. The Morgan fingerprint density at radius 2 is 2.17 bits per heavy atom. The van der Waals surface area contributed by atoms with Crippen LogP contribution in [0.25, 0.3) is 6.08 Å². The molecule has 2 aromatic rings. The fourth-order valence-electron chi connectivity index (χ4n) is 1.91. The zero-order valence-electron chi connectivity index (χ0n) is 12.0. The minimum Gasteiger partial charge on any atom is -0.266 e. The molecule has 0 bridgehead atoms. The number of hydrogen-bond acceptors (Lipinski definition) is 6. The van der Waals surface area contributed by atoms with Gasteiger partial charge in [-0.25, -0.2) is 0 Å². The number of hydrazine groups is 1. The molecular weight excluding hydrogens is 350 g/mol. The summed E-state index contributed by atoms with van der Waals surface area (Å²) >= 11 is 7.62. The predicted octanol–water partition coefficient (Wildman–Crippen LogP) is 3.00. The van der Waals surface area contributed by atoms with Crippen molar-refractivity contribution in [2.45, 2.75) is 6.92 Å². The van der Waals surface area contributed by atoms with E-state index in [1.807, 2.05) is 25.1 Å². The van der Waals surface area contributed by atoms with Gasteiger partial charge in [0, 0.05) is 5.69 Å². The Kier molecular flexibility index (Phi) is 4.56. The summed E-state index contributed by atoms with van der Waals surface area (Å²) in [5.41, 5.74) is 4.08. The molecule has 0 unspecified atom stereocenters. The van der Waals surface area contributed by atoms with Gasteiger partial charge in [-0.05, 0) is 48.8 Å². The lowest BCUT2D eigenvalue weighted by molar-refractivity contribution is -0.123. The number of carbonyl (C=O) groups excluding carboxylic acids is 2. The first-order valence-corrected chi connectivity index (χ1v) is 8.71. The van der Waals surface area contributed by atoms with Crippen molar-refractivity contribution in [1.82, 2.24) is 15.4 Å². The summed E-state index contributed by atoms with van der Waals surface area (Å²) < 4.78 is 0.291. The van der Waals surface area contributed by atoms with Crippen LogP contribution in [0.1, 0.15) is 21.1 Å². The number of aromatic nitrogens is 1. The van der Waals surface area contributed by atoms with E-state index in [-0.39, 0.29) is 11.8 Å². The van der Waals surface area contributed by atoms with E-state index in [0.717, 1.165) is 22.5 Å². The zero-order valence-corrected chi connectivity index (χ0v) is 14.4. The molecule has 8 heteroatoms. The van der Waals surface area contributed by atoms with Crippen molar-refractivity contribution in [3.63, 3.8) is 0 Å². The van der Waals surface area contributed by atoms with E-state index in [1.165, 1.54) is 11.3 Å². The molecule has 1 fully saturated rings. The van der Waals surface area contributed by atoms with Gasteiger partial charge in [-0.15, -0.1) is 11.3 Å². The zero-order chi connectivity index (χ0) is 16.4. The smallest absolute Gasteiger partial charge is 0.266 e. The number of carbonyl (C=O) groups is 2. The van der Waals surface area contributed by atoms with E-state index in [4.69, 9.17) is 12.2 Å². The quantitative estimate of drug-likeness (QED) is 0.673. The van der Waals surface area contributed by atoms with Crippen molar-refractivity contribution in [3.8, 4) is 0 Å². The summed E-state index contributed by atoms with van der Waals surface area (Å²) in [4.78, 5) is 29.8. The number of rotatable bonds is 3. The second-order valence-electron chi connectivity index (χ2n) is 4.64. The van der Waals surface area contributed by atoms with E-state index in [2.05, 4.69) is 10.4 Å². The second-order valence-corrected chi connectivity index (χ2v) is 7.26. The van der Waals surface area contributed by atoms with Crippen molar-refractivity contribution in [2.24, 2.45) is 0 Å². The normalized spacial score (nSPS) is 16.2. The lowest BCUT2D eigenvalue weighted by atomic mass is 10.3. The number of thiophene rings is 1. The van der Waals surface area contributed by atoms with Crippen molar-refractivity contribution in [3.05, 3.63) is 56.9 Å². The van der Waals surface area contributed by atoms with Crippen LogP contribution in [0.4, 0.5) is 0 Å². The molecule has 1 saturated heterocycles. The number of hydrogen-bond donors (Lipinski definition) is 1. The molecule has 3 rings (SSSR count). The van der Waals surface area contributed by atoms with Crippen LogP contribution in [0.5, 0.6) is 0 Å². The molecule has 0 atom stereocenters. The van der Waals surface area contributed by atoms with Gasteiger partial charge in [-0.1, -0.05) is 23.9 Å². The highest BCUT2D eigenvalue weighted by Crippen LogP contribution is 2.31. The van der Waals surface area contributed by atoms with Gasteiger partial charge >= 0.3 is 0 Å². The molecule has 0 spiro atoms. The lowest BCUT2D eigenvalue weighted by Crippen LogP contribution is -2.44. The highest BCUT2D eigenvalue weighted by atomic mass is 32.2. The minimum atomic E-state index is -0.355. The monoisotopic (exact) mass is 361 g/mol. The SMILES string of the molecule is Cc1cccc(/C=C2/SC(=S)N(NC(=O)c3cccs3)C2=O)n1. The Bertz CT molecular complexity index is 815. The molecule has 0 aromatic carbocycles. The number of pyridine rings is 1. The van der Waals surface area contributed by atoms with Gasteiger partial charge in [-0.2, -0.15) is 5.01 Å². The average molecular weight is 361 g/mol. The van der Waals surface area contributed by atoms with Gasteiger partial charge in [0.15, 0.2) is 4.32 Å². The van der Waals surface area contributed by atoms with Crippen molar-refractivity contribution < 1.29 is 9.59 Å². The van der Waals surface area contributed by atoms with E-state index < -0.39 is 0 Å². The van der Waals surface area contributed by atoms with Crippen LogP contribution in [0.3, 0.4) is 0 Å². The summed E-state index contributed by atoms with van der Waals surface area (Å²) in [6, 6.07) is 9.01. The molecular formula is C15H11N3O2S3. The van der Waals surface area contributed by atoms with Crippen LogP contribution >= 0.6 is 35.3 Å². The van der Waals surface area contributed by atoms with Crippen LogP contribution in [0, 0.1) is 6.92 Å². The molecule has 2 aromatic heterocycles. The highest BCUT2D eigenvalue weighted by Gasteiger charge is 2.34. The van der Waals surface area contributed by atoms with E-state index in [0.29, 0.717) is 19.8 Å². The third-order valence-corrected chi connectivity index (χ3v) is 5.11. The molecule has 0 saturated carbocycles. The molecule has 0 aliphatic carbocycles. The maximum Gasteiger partial charge on any atom is 0.285 e. The van der Waals surface area contributed by atoms with Crippen LogP contribution in [-0.4, -0.2) is 26.1 Å². The Balaban J connectivity index is 1.79. The molecule has 23 heavy (non-hydrogen) atoms. The van der Waals surface area contributed by atoms with Crippen molar-refractivity contribution >= 4 is 57.5 Å². The maximum absolute atomic E-state index is 12.4. The van der Waals surface area contributed by atoms with E-state index in [1.54, 1.807) is 23.6 Å². The molecule has 116 valence electrons. The summed E-state index contributed by atoms with van der Waals surface area (Å²) in [7, 11) is 0. The van der Waals surface area contributed by atoms with Gasteiger partial charge in [0.25, 0.3) is 11.8 Å². The number of thiocarbonyl (C=S) groups is 1. The Morgan fingerprint density at radius 1 is 1.35 bits per heavy atom. The van der Waals surface area contributed by atoms with Gasteiger partial charge in [0.2, 0.25) is 0 Å². The number of aryl methyl sites for hydroxylation is 1. The summed E-state index contributed by atoms with van der Waals surface area (Å²) in [6.45, 7) is 1.88. The molecule has 1 aliphatic heterocycles. The van der Waals surface area contributed by atoms with Gasteiger partial charge in [0.1, 0.15) is 0 Å². The standard InChI is InChI=1S/C15H11N3O2S3/c1-9-4-2-5-10(16-9)8-12-14(20)18(15(21)23-12)17-13(19)11-6-3-7-22-11/h2-8H,1H3,(H,17,19)/b12-8+. The number of nitrogens with one attached hydrogen (secondary N) is 1. The highest BCUT2D eigenvalue weighted by molar-refractivity contribution is 8.26. The van der Waals surface area contributed by atoms with Gasteiger partial charge in [-0.3, -0.25) is 20.0 Å². The number of thioether (sulfide) groups is 1. The predicted molar refractivity (Wildman–Crippen MR) is 95.8 cm³/mol. The third kappa shape index (κ3) is 3.49. The van der Waals surface area contributed by atoms with Gasteiger partial charge in [0.05, 0.1) is 15.5 Å². The molecule has 1 aliphatic rings. The fourth-order valence-corrected chi connectivity index (χ4v) is 3.69. The molecule has 1 N–H and O–H groups in total. The van der Waals surface area contributed by atoms with Crippen molar-refractivity contribution in [2.75, 3.05) is 0 Å². The first-order chi connectivity index (χ1) is 11.0. The summed E-state index contributed by atoms with van der Waals surface area (Å²) in [5, 5.41) is 2.90. The summed E-state index contributed by atoms with van der Waals surface area (Å²) in [6.07, 6.45) is 1.67. The van der Waals surface area contributed by atoms with E-state index in [9.17, 15) is 9.59 Å². The maximum atomic E-state index is 12.4. The first kappa shape index (κ1) is 15.9. The Hall–Kier alpha value is -2.03. The minimum absolute atomic E-state index is 0.291. The molecule has 2 amide bonds. The summed E-state index contributed by atoms with van der Waals surface area (Å²) in [5.74, 6) is -0.709.